The van der Waals surface area contributed by atoms with E-state index in [1.165, 1.54) is 6.07 Å². The van der Waals surface area contributed by atoms with E-state index in [1.54, 1.807) is 6.26 Å². The van der Waals surface area contributed by atoms with E-state index >= 15 is 0 Å². The third kappa shape index (κ3) is 2.70. The van der Waals surface area contributed by atoms with Gasteiger partial charge in [-0.25, -0.2) is 8.78 Å². The molecule has 16 heavy (non-hydrogen) atoms. The van der Waals surface area contributed by atoms with Crippen molar-refractivity contribution in [3.63, 3.8) is 0 Å². The zero-order valence-electron chi connectivity index (χ0n) is 8.54. The van der Waals surface area contributed by atoms with Crippen molar-refractivity contribution < 1.29 is 18.7 Å². The van der Waals surface area contributed by atoms with Crippen LogP contribution in [0.15, 0.2) is 17.0 Å². The Morgan fingerprint density at radius 2 is 2.19 bits per heavy atom. The van der Waals surface area contributed by atoms with Gasteiger partial charge >= 0.3 is 5.97 Å². The number of carbonyl (C=O) groups is 1. The standard InChI is InChI=1S/C10H11F2NO2S/c1-16-9-6(11)3-2-5(8(9)12)4-7(13)10(14)15/h2-3,7H,4,13H2,1H3,(H,14,15). The molecular formula is C10H11F2NO2S. The minimum absolute atomic E-state index is 0.112. The SMILES string of the molecule is CSc1c(F)ccc(CC(N)C(=O)O)c1F. The van der Waals surface area contributed by atoms with Crippen molar-refractivity contribution in [2.24, 2.45) is 5.73 Å². The van der Waals surface area contributed by atoms with Crippen molar-refractivity contribution in [3.05, 3.63) is 29.3 Å². The van der Waals surface area contributed by atoms with E-state index in [4.69, 9.17) is 10.8 Å². The number of nitrogens with two attached hydrogens (primary N) is 1. The van der Waals surface area contributed by atoms with Gasteiger partial charge in [0.1, 0.15) is 17.7 Å². The Hall–Kier alpha value is -1.14. The molecule has 1 aromatic carbocycles. The first-order chi connectivity index (χ1) is 7.47. The van der Waals surface area contributed by atoms with Crippen LogP contribution in [0, 0.1) is 11.6 Å². The summed E-state index contributed by atoms with van der Waals surface area (Å²) < 4.78 is 26.8. The predicted octanol–water partition coefficient (Wildman–Crippen LogP) is 1.64. The van der Waals surface area contributed by atoms with Crippen LogP contribution in [0.1, 0.15) is 5.56 Å². The number of hydrogen-bond donors (Lipinski definition) is 2. The maximum atomic E-state index is 13.6. The lowest BCUT2D eigenvalue weighted by molar-refractivity contribution is -0.138. The van der Waals surface area contributed by atoms with Gasteiger partial charge in [-0.3, -0.25) is 4.79 Å². The second kappa shape index (κ2) is 5.27. The fourth-order valence-corrected chi connectivity index (χ4v) is 1.82. The van der Waals surface area contributed by atoms with Crippen LogP contribution in [0.2, 0.25) is 0 Å². The first kappa shape index (κ1) is 12.9. The molecule has 1 unspecified atom stereocenters. The Morgan fingerprint density at radius 1 is 1.56 bits per heavy atom. The Morgan fingerprint density at radius 3 is 2.69 bits per heavy atom. The largest absolute Gasteiger partial charge is 0.480 e. The molecule has 6 heteroatoms. The molecule has 1 aromatic rings. The Labute approximate surface area is 95.6 Å². The van der Waals surface area contributed by atoms with Crippen LogP contribution in [0.25, 0.3) is 0 Å². The smallest absolute Gasteiger partial charge is 0.320 e. The van der Waals surface area contributed by atoms with Crippen LogP contribution in [0.5, 0.6) is 0 Å². The summed E-state index contributed by atoms with van der Waals surface area (Å²) in [5, 5.41) is 8.59. The molecule has 0 saturated heterocycles. The minimum atomic E-state index is -1.21. The molecule has 0 fully saturated rings. The van der Waals surface area contributed by atoms with Crippen LogP contribution in [0.3, 0.4) is 0 Å². The van der Waals surface area contributed by atoms with E-state index in [0.29, 0.717) is 0 Å². The normalized spacial score (nSPS) is 12.5. The quantitative estimate of drug-likeness (QED) is 0.794. The predicted molar refractivity (Wildman–Crippen MR) is 57.5 cm³/mol. The first-order valence-corrected chi connectivity index (χ1v) is 5.69. The molecule has 0 heterocycles. The van der Waals surface area contributed by atoms with E-state index in [2.05, 4.69) is 0 Å². The lowest BCUT2D eigenvalue weighted by atomic mass is 10.1. The van der Waals surface area contributed by atoms with Crippen molar-refractivity contribution in [1.29, 1.82) is 0 Å². The lowest BCUT2D eigenvalue weighted by Gasteiger charge is -2.10. The van der Waals surface area contributed by atoms with Gasteiger partial charge in [-0.15, -0.1) is 11.8 Å². The molecule has 3 N–H and O–H groups in total. The molecule has 0 aliphatic carbocycles. The maximum Gasteiger partial charge on any atom is 0.320 e. The molecule has 0 radical (unpaired) electrons. The zero-order valence-corrected chi connectivity index (χ0v) is 9.35. The summed E-state index contributed by atoms with van der Waals surface area (Å²) in [6.07, 6.45) is 1.39. The minimum Gasteiger partial charge on any atom is -0.480 e. The van der Waals surface area contributed by atoms with E-state index in [0.717, 1.165) is 17.8 Å². The number of rotatable bonds is 4. The summed E-state index contributed by atoms with van der Waals surface area (Å²) in [6, 6.07) is 1.14. The van der Waals surface area contributed by atoms with E-state index in [1.807, 2.05) is 0 Å². The van der Waals surface area contributed by atoms with Crippen LogP contribution in [0.4, 0.5) is 8.78 Å². The number of carboxylic acid groups (broad SMARTS) is 1. The van der Waals surface area contributed by atoms with Gasteiger partial charge in [0.15, 0.2) is 0 Å². The number of hydrogen-bond acceptors (Lipinski definition) is 3. The highest BCUT2D eigenvalue weighted by Crippen LogP contribution is 2.25. The summed E-state index contributed by atoms with van der Waals surface area (Å²) in [7, 11) is 0. The van der Waals surface area contributed by atoms with Crippen LogP contribution < -0.4 is 5.73 Å². The molecule has 0 aliphatic rings. The molecule has 88 valence electrons. The van der Waals surface area contributed by atoms with Crippen molar-refractivity contribution in [2.75, 3.05) is 6.26 Å². The van der Waals surface area contributed by atoms with Crippen molar-refractivity contribution in [1.82, 2.24) is 0 Å². The van der Waals surface area contributed by atoms with Crippen molar-refractivity contribution in [3.8, 4) is 0 Å². The lowest BCUT2D eigenvalue weighted by Crippen LogP contribution is -2.32. The van der Waals surface area contributed by atoms with Crippen LogP contribution >= 0.6 is 11.8 Å². The molecule has 0 spiro atoms. The number of thioether (sulfide) groups is 1. The summed E-state index contributed by atoms with van der Waals surface area (Å²) in [6.45, 7) is 0. The van der Waals surface area contributed by atoms with Crippen LogP contribution in [-0.4, -0.2) is 23.4 Å². The summed E-state index contributed by atoms with van der Waals surface area (Å²) in [5.41, 5.74) is 5.39. The molecule has 3 nitrogen and oxygen atoms in total. The molecular weight excluding hydrogens is 236 g/mol. The second-order valence-electron chi connectivity index (χ2n) is 3.20. The van der Waals surface area contributed by atoms with Crippen molar-refractivity contribution >= 4 is 17.7 Å². The first-order valence-electron chi connectivity index (χ1n) is 4.46. The van der Waals surface area contributed by atoms with Gasteiger partial charge in [0.25, 0.3) is 0 Å². The van der Waals surface area contributed by atoms with E-state index in [-0.39, 0.29) is 16.9 Å². The molecule has 0 aliphatic heterocycles. The fourth-order valence-electron chi connectivity index (χ4n) is 1.24. The molecule has 1 rings (SSSR count). The highest BCUT2D eigenvalue weighted by atomic mass is 32.2. The average Bonchev–Trinajstić information content (AvgIpc) is 2.22. The second-order valence-corrected chi connectivity index (χ2v) is 4.02. The van der Waals surface area contributed by atoms with Crippen LogP contribution in [-0.2, 0) is 11.2 Å². The number of benzene rings is 1. The highest BCUT2D eigenvalue weighted by Gasteiger charge is 2.18. The average molecular weight is 247 g/mol. The van der Waals surface area contributed by atoms with Gasteiger partial charge in [-0.1, -0.05) is 6.07 Å². The summed E-state index contributed by atoms with van der Waals surface area (Å²) in [5.74, 6) is -2.60. The van der Waals surface area contributed by atoms with E-state index in [9.17, 15) is 13.6 Å². The third-order valence-electron chi connectivity index (χ3n) is 2.09. The number of halogens is 2. The van der Waals surface area contributed by atoms with Gasteiger partial charge in [-0.2, -0.15) is 0 Å². The summed E-state index contributed by atoms with van der Waals surface area (Å²) in [4.78, 5) is 10.4. The van der Waals surface area contributed by atoms with E-state index < -0.39 is 23.6 Å². The molecule has 0 bridgehead atoms. The molecule has 1 atom stereocenters. The van der Waals surface area contributed by atoms with Gasteiger partial charge in [0.05, 0.1) is 4.90 Å². The monoisotopic (exact) mass is 247 g/mol. The molecule has 0 aromatic heterocycles. The van der Waals surface area contributed by atoms with Gasteiger partial charge in [-0.05, 0) is 17.9 Å². The summed E-state index contributed by atoms with van der Waals surface area (Å²) >= 11 is 0.933. The Bertz CT molecular complexity index is 412. The van der Waals surface area contributed by atoms with Crippen molar-refractivity contribution in [2.45, 2.75) is 17.4 Å². The molecule has 0 saturated carbocycles. The zero-order chi connectivity index (χ0) is 12.3. The fraction of sp³-hybridized carbons (Fsp3) is 0.300. The maximum absolute atomic E-state index is 13.6. The Balaban J connectivity index is 3.02. The molecule has 0 amide bonds. The van der Waals surface area contributed by atoms with Gasteiger partial charge < -0.3 is 10.8 Å². The highest BCUT2D eigenvalue weighted by molar-refractivity contribution is 7.98. The number of carboxylic acids is 1. The third-order valence-corrected chi connectivity index (χ3v) is 2.87. The number of aliphatic carboxylic acids is 1. The Kier molecular flexibility index (Phi) is 4.26. The van der Waals surface area contributed by atoms with Gasteiger partial charge in [0.2, 0.25) is 0 Å². The van der Waals surface area contributed by atoms with Gasteiger partial charge in [0, 0.05) is 6.42 Å². The topological polar surface area (TPSA) is 63.3 Å².